The van der Waals surface area contributed by atoms with Gasteiger partial charge in [0, 0.05) is 26.2 Å². The van der Waals surface area contributed by atoms with E-state index in [2.05, 4.69) is 12.2 Å². The van der Waals surface area contributed by atoms with Gasteiger partial charge in [-0.3, -0.25) is 0 Å². The highest BCUT2D eigenvalue weighted by molar-refractivity contribution is 5.74. The summed E-state index contributed by atoms with van der Waals surface area (Å²) in [4.78, 5) is 14.0. The van der Waals surface area contributed by atoms with Crippen LogP contribution < -0.4 is 5.32 Å². The van der Waals surface area contributed by atoms with Crippen LogP contribution in [0.3, 0.4) is 0 Å². The number of hydrogen-bond acceptors (Lipinski definition) is 2. The fraction of sp³-hybridized carbons (Fsp3) is 0.923. The minimum atomic E-state index is -0.137. The predicted molar refractivity (Wildman–Crippen MR) is 67.0 cm³/mol. The van der Waals surface area contributed by atoms with Gasteiger partial charge in [0.2, 0.25) is 0 Å². The summed E-state index contributed by atoms with van der Waals surface area (Å²) in [6.07, 6.45) is 6.95. The molecule has 98 valence electrons. The average Bonchev–Trinajstić information content (AvgIpc) is 2.60. The van der Waals surface area contributed by atoms with Crippen molar-refractivity contribution in [1.82, 2.24) is 10.2 Å². The largest absolute Gasteiger partial charge is 0.373 e. The quantitative estimate of drug-likeness (QED) is 0.803. The maximum absolute atomic E-state index is 12.0. The molecule has 0 saturated carbocycles. The normalized spacial score (nSPS) is 30.1. The van der Waals surface area contributed by atoms with Crippen molar-refractivity contribution in [2.45, 2.75) is 51.0 Å². The number of carbonyl (C=O) groups is 1. The van der Waals surface area contributed by atoms with Gasteiger partial charge in [-0.05, 0) is 32.6 Å². The Kier molecular flexibility index (Phi) is 4.26. The molecular formula is C13H24N2O2. The molecule has 1 atom stereocenters. The van der Waals surface area contributed by atoms with Crippen LogP contribution in [0.25, 0.3) is 0 Å². The van der Waals surface area contributed by atoms with Gasteiger partial charge in [0.05, 0.1) is 5.60 Å². The molecule has 0 bridgehead atoms. The van der Waals surface area contributed by atoms with Gasteiger partial charge >= 0.3 is 6.03 Å². The van der Waals surface area contributed by atoms with E-state index in [4.69, 9.17) is 4.74 Å². The zero-order valence-electron chi connectivity index (χ0n) is 10.8. The molecule has 0 aromatic rings. The van der Waals surface area contributed by atoms with E-state index in [0.717, 1.165) is 45.4 Å². The van der Waals surface area contributed by atoms with Crippen molar-refractivity contribution in [2.24, 2.45) is 0 Å². The Labute approximate surface area is 104 Å². The van der Waals surface area contributed by atoms with Gasteiger partial charge in [0.1, 0.15) is 0 Å². The smallest absolute Gasteiger partial charge is 0.317 e. The van der Waals surface area contributed by atoms with Crippen molar-refractivity contribution < 1.29 is 9.53 Å². The van der Waals surface area contributed by atoms with Gasteiger partial charge in [0.15, 0.2) is 0 Å². The molecule has 2 heterocycles. The van der Waals surface area contributed by atoms with Crippen LogP contribution in [0, 0.1) is 0 Å². The minimum absolute atomic E-state index is 0.0867. The lowest BCUT2D eigenvalue weighted by Crippen LogP contribution is -2.46. The molecular weight excluding hydrogens is 216 g/mol. The highest BCUT2D eigenvalue weighted by Gasteiger charge is 2.30. The van der Waals surface area contributed by atoms with Gasteiger partial charge in [-0.2, -0.15) is 0 Å². The lowest BCUT2D eigenvalue weighted by atomic mass is 10.0. The van der Waals surface area contributed by atoms with Crippen LogP contribution in [0.15, 0.2) is 0 Å². The zero-order chi connectivity index (χ0) is 12.1. The monoisotopic (exact) mass is 240 g/mol. The number of nitrogens with one attached hydrogen (secondary N) is 1. The first-order valence-corrected chi connectivity index (χ1v) is 6.86. The van der Waals surface area contributed by atoms with Crippen LogP contribution in [0.5, 0.6) is 0 Å². The molecule has 1 N–H and O–H groups in total. The second-order valence-corrected chi connectivity index (χ2v) is 5.46. The Bertz CT molecular complexity index is 254. The summed E-state index contributed by atoms with van der Waals surface area (Å²) in [7, 11) is 0. The fourth-order valence-corrected chi connectivity index (χ4v) is 2.62. The van der Waals surface area contributed by atoms with Gasteiger partial charge < -0.3 is 15.0 Å². The van der Waals surface area contributed by atoms with Crippen LogP contribution in [0.4, 0.5) is 4.79 Å². The van der Waals surface area contributed by atoms with Crippen molar-refractivity contribution >= 4 is 6.03 Å². The second kappa shape index (κ2) is 5.71. The summed E-state index contributed by atoms with van der Waals surface area (Å²) in [6.45, 7) is 5.37. The Morgan fingerprint density at radius 1 is 1.24 bits per heavy atom. The lowest BCUT2D eigenvalue weighted by Gasteiger charge is -2.26. The number of carbonyl (C=O) groups excluding carboxylic acids is 1. The van der Waals surface area contributed by atoms with Crippen molar-refractivity contribution in [3.05, 3.63) is 0 Å². The van der Waals surface area contributed by atoms with Crippen LogP contribution in [-0.2, 0) is 4.74 Å². The van der Waals surface area contributed by atoms with Crippen LogP contribution in [0.2, 0.25) is 0 Å². The molecule has 2 amide bonds. The van der Waals surface area contributed by atoms with E-state index in [1.54, 1.807) is 0 Å². The average molecular weight is 240 g/mol. The molecule has 17 heavy (non-hydrogen) atoms. The molecule has 0 aromatic heterocycles. The molecule has 2 rings (SSSR count). The van der Waals surface area contributed by atoms with E-state index >= 15 is 0 Å². The van der Waals surface area contributed by atoms with Crippen molar-refractivity contribution in [2.75, 3.05) is 26.2 Å². The molecule has 0 radical (unpaired) electrons. The van der Waals surface area contributed by atoms with Crippen molar-refractivity contribution in [3.8, 4) is 0 Å². The van der Waals surface area contributed by atoms with E-state index in [1.165, 1.54) is 12.8 Å². The summed E-state index contributed by atoms with van der Waals surface area (Å²) < 4.78 is 5.67. The first-order valence-electron chi connectivity index (χ1n) is 6.86. The zero-order valence-corrected chi connectivity index (χ0v) is 10.8. The summed E-state index contributed by atoms with van der Waals surface area (Å²) >= 11 is 0. The third kappa shape index (κ3) is 3.60. The highest BCUT2D eigenvalue weighted by Crippen LogP contribution is 2.24. The van der Waals surface area contributed by atoms with Crippen LogP contribution >= 0.6 is 0 Å². The molecule has 0 aliphatic carbocycles. The van der Waals surface area contributed by atoms with Crippen molar-refractivity contribution in [1.29, 1.82) is 0 Å². The molecule has 2 aliphatic heterocycles. The van der Waals surface area contributed by atoms with E-state index in [9.17, 15) is 4.79 Å². The molecule has 1 unspecified atom stereocenters. The predicted octanol–water partition coefficient (Wildman–Crippen LogP) is 2.14. The summed E-state index contributed by atoms with van der Waals surface area (Å²) in [5.74, 6) is 0. The number of amides is 2. The molecule has 0 spiro atoms. The number of ether oxygens (including phenoxy) is 1. The Balaban J connectivity index is 1.75. The van der Waals surface area contributed by atoms with Crippen molar-refractivity contribution in [3.63, 3.8) is 0 Å². The Morgan fingerprint density at radius 3 is 2.53 bits per heavy atom. The minimum Gasteiger partial charge on any atom is -0.373 e. The van der Waals surface area contributed by atoms with E-state index in [-0.39, 0.29) is 11.6 Å². The van der Waals surface area contributed by atoms with E-state index < -0.39 is 0 Å². The highest BCUT2D eigenvalue weighted by atomic mass is 16.5. The third-order valence-electron chi connectivity index (χ3n) is 3.81. The maximum Gasteiger partial charge on any atom is 0.317 e. The topological polar surface area (TPSA) is 41.6 Å². The molecule has 2 fully saturated rings. The van der Waals surface area contributed by atoms with Crippen LogP contribution in [0.1, 0.15) is 45.4 Å². The summed E-state index contributed by atoms with van der Waals surface area (Å²) in [5, 5.41) is 3.02. The van der Waals surface area contributed by atoms with Gasteiger partial charge in [0.25, 0.3) is 0 Å². The SMILES string of the molecule is CC1(CNC(=O)N2CCCCCC2)CCCO1. The number of hydrogen-bond donors (Lipinski definition) is 1. The van der Waals surface area contributed by atoms with E-state index in [1.807, 2.05) is 4.90 Å². The molecule has 4 nitrogen and oxygen atoms in total. The molecule has 0 aromatic carbocycles. The molecule has 2 aliphatic rings. The number of nitrogens with zero attached hydrogens (tertiary/aromatic N) is 1. The molecule has 2 saturated heterocycles. The van der Waals surface area contributed by atoms with Crippen LogP contribution in [-0.4, -0.2) is 42.8 Å². The fourth-order valence-electron chi connectivity index (χ4n) is 2.62. The summed E-state index contributed by atoms with van der Waals surface area (Å²) in [6, 6.07) is 0.0867. The first kappa shape index (κ1) is 12.7. The standard InChI is InChI=1S/C13H24N2O2/c1-13(7-6-10-17-13)11-14-12(16)15-8-4-2-3-5-9-15/h2-11H2,1H3,(H,14,16). The number of rotatable bonds is 2. The third-order valence-corrected chi connectivity index (χ3v) is 3.81. The molecule has 4 heteroatoms. The number of likely N-dealkylation sites (tertiary alicyclic amines) is 1. The lowest BCUT2D eigenvalue weighted by molar-refractivity contribution is 0.0219. The number of urea groups is 1. The second-order valence-electron chi connectivity index (χ2n) is 5.46. The Morgan fingerprint density at radius 2 is 1.94 bits per heavy atom. The summed E-state index contributed by atoms with van der Waals surface area (Å²) in [5.41, 5.74) is -0.137. The first-order chi connectivity index (χ1) is 8.20. The maximum atomic E-state index is 12.0. The van der Waals surface area contributed by atoms with Gasteiger partial charge in [-0.25, -0.2) is 4.79 Å². The van der Waals surface area contributed by atoms with Gasteiger partial charge in [-0.1, -0.05) is 12.8 Å². The Hall–Kier alpha value is -0.770. The van der Waals surface area contributed by atoms with E-state index in [0.29, 0.717) is 6.54 Å². The van der Waals surface area contributed by atoms with Gasteiger partial charge in [-0.15, -0.1) is 0 Å².